The van der Waals surface area contributed by atoms with Gasteiger partial charge in [-0.05, 0) is 23.8 Å². The zero-order valence-corrected chi connectivity index (χ0v) is 12.3. The Morgan fingerprint density at radius 1 is 1.35 bits per heavy atom. The summed E-state index contributed by atoms with van der Waals surface area (Å²) in [5, 5.41) is 8.40. The van der Waals surface area contributed by atoms with Gasteiger partial charge in [-0.25, -0.2) is 0 Å². The predicted molar refractivity (Wildman–Crippen MR) is 71.1 cm³/mol. The van der Waals surface area contributed by atoms with Gasteiger partial charge in [-0.3, -0.25) is 4.68 Å². The molecule has 1 fully saturated rings. The van der Waals surface area contributed by atoms with E-state index >= 15 is 0 Å². The molecule has 0 aliphatic heterocycles. The number of nitrogens with one attached hydrogen (secondary N) is 1. The normalized spacial score (nSPS) is 23.7. The van der Waals surface area contributed by atoms with Gasteiger partial charge in [0.25, 0.3) is 0 Å². The summed E-state index contributed by atoms with van der Waals surface area (Å²) >= 11 is 6.25. The molecule has 1 aromatic heterocycles. The Morgan fingerprint density at radius 2 is 1.88 bits per heavy atom. The Bertz CT molecular complexity index is 400. The fraction of sp³-hybridized carbons (Fsp3) is 0.769. The van der Waals surface area contributed by atoms with Crippen molar-refractivity contribution in [1.29, 1.82) is 0 Å². The Hall–Kier alpha value is -0.540. The molecule has 0 amide bonds. The third-order valence-electron chi connectivity index (χ3n) is 5.01. The number of aromatic nitrogens is 2. The predicted octanol–water partition coefficient (Wildman–Crippen LogP) is 3.02. The molecular formula is C13H22ClN3. The third-order valence-corrected chi connectivity index (χ3v) is 5.30. The lowest BCUT2D eigenvalue weighted by Crippen LogP contribution is -2.24. The molecule has 4 heteroatoms. The van der Waals surface area contributed by atoms with Gasteiger partial charge in [-0.15, -0.1) is 0 Å². The Morgan fingerprint density at radius 3 is 2.18 bits per heavy atom. The van der Waals surface area contributed by atoms with Crippen molar-refractivity contribution in [3.8, 4) is 0 Å². The topological polar surface area (TPSA) is 29.9 Å². The molecule has 0 spiro atoms. The van der Waals surface area contributed by atoms with Crippen LogP contribution in [0.3, 0.4) is 0 Å². The molecule has 96 valence electrons. The lowest BCUT2D eigenvalue weighted by atomic mass is 10.0. The first-order chi connectivity index (χ1) is 7.75. The number of halogens is 1. The molecule has 1 saturated carbocycles. The molecule has 1 unspecified atom stereocenters. The van der Waals surface area contributed by atoms with E-state index in [1.807, 2.05) is 18.8 Å². The Kier molecular flexibility index (Phi) is 2.83. The zero-order valence-electron chi connectivity index (χ0n) is 11.5. The van der Waals surface area contributed by atoms with Gasteiger partial charge in [0.1, 0.15) is 0 Å². The summed E-state index contributed by atoms with van der Waals surface area (Å²) in [6, 6.07) is 0.264. The molecule has 2 rings (SSSR count). The van der Waals surface area contributed by atoms with Crippen molar-refractivity contribution in [2.75, 3.05) is 7.05 Å². The number of hydrogen-bond donors (Lipinski definition) is 1. The summed E-state index contributed by atoms with van der Waals surface area (Å²) in [7, 11) is 3.95. The van der Waals surface area contributed by atoms with Gasteiger partial charge in [0.2, 0.25) is 0 Å². The van der Waals surface area contributed by atoms with E-state index < -0.39 is 0 Å². The molecule has 17 heavy (non-hydrogen) atoms. The highest BCUT2D eigenvalue weighted by molar-refractivity contribution is 6.31. The van der Waals surface area contributed by atoms with Gasteiger partial charge in [0, 0.05) is 7.05 Å². The minimum atomic E-state index is 0.264. The van der Waals surface area contributed by atoms with E-state index in [0.717, 1.165) is 10.7 Å². The molecule has 0 radical (unpaired) electrons. The second kappa shape index (κ2) is 3.72. The quantitative estimate of drug-likeness (QED) is 0.900. The molecular weight excluding hydrogens is 234 g/mol. The Labute approximate surface area is 109 Å². The van der Waals surface area contributed by atoms with Crippen molar-refractivity contribution in [3.05, 3.63) is 16.9 Å². The highest BCUT2D eigenvalue weighted by Crippen LogP contribution is 2.72. The van der Waals surface area contributed by atoms with Crippen LogP contribution in [0.15, 0.2) is 6.20 Å². The average Bonchev–Trinajstić information content (AvgIpc) is 2.51. The van der Waals surface area contributed by atoms with Gasteiger partial charge in [-0.1, -0.05) is 39.3 Å². The third kappa shape index (κ3) is 1.63. The Balaban J connectivity index is 2.38. The molecule has 1 N–H and O–H groups in total. The van der Waals surface area contributed by atoms with Crippen LogP contribution in [0.4, 0.5) is 0 Å². The van der Waals surface area contributed by atoms with Crippen LogP contribution in [0, 0.1) is 16.7 Å². The van der Waals surface area contributed by atoms with Crippen LogP contribution in [-0.2, 0) is 7.05 Å². The summed E-state index contributed by atoms with van der Waals surface area (Å²) in [6.45, 7) is 9.30. The number of hydrogen-bond acceptors (Lipinski definition) is 2. The van der Waals surface area contributed by atoms with Crippen LogP contribution >= 0.6 is 11.6 Å². The van der Waals surface area contributed by atoms with Crippen molar-refractivity contribution < 1.29 is 0 Å². The second-order valence-corrected chi connectivity index (χ2v) is 6.60. The van der Waals surface area contributed by atoms with Gasteiger partial charge < -0.3 is 5.32 Å². The number of nitrogens with zero attached hydrogens (tertiary/aromatic N) is 2. The fourth-order valence-corrected chi connectivity index (χ4v) is 3.60. The minimum absolute atomic E-state index is 0.264. The molecule has 1 aliphatic carbocycles. The summed E-state index contributed by atoms with van der Waals surface area (Å²) in [5.74, 6) is 0.577. The lowest BCUT2D eigenvalue weighted by Gasteiger charge is -2.19. The highest BCUT2D eigenvalue weighted by Gasteiger charge is 2.67. The van der Waals surface area contributed by atoms with Crippen LogP contribution in [0.1, 0.15) is 39.4 Å². The van der Waals surface area contributed by atoms with Gasteiger partial charge in [-0.2, -0.15) is 5.10 Å². The van der Waals surface area contributed by atoms with E-state index in [1.54, 1.807) is 6.20 Å². The first-order valence-electron chi connectivity index (χ1n) is 6.09. The number of rotatable bonds is 3. The maximum atomic E-state index is 6.25. The van der Waals surface area contributed by atoms with Crippen molar-refractivity contribution in [3.63, 3.8) is 0 Å². The van der Waals surface area contributed by atoms with E-state index in [1.165, 1.54) is 0 Å². The van der Waals surface area contributed by atoms with Crippen molar-refractivity contribution in [1.82, 2.24) is 15.1 Å². The van der Waals surface area contributed by atoms with Gasteiger partial charge >= 0.3 is 0 Å². The van der Waals surface area contributed by atoms with Crippen molar-refractivity contribution >= 4 is 11.6 Å². The van der Waals surface area contributed by atoms with Gasteiger partial charge in [0.15, 0.2) is 0 Å². The van der Waals surface area contributed by atoms with E-state index in [0.29, 0.717) is 16.7 Å². The molecule has 1 atom stereocenters. The molecule has 1 aliphatic rings. The second-order valence-electron chi connectivity index (χ2n) is 6.19. The van der Waals surface area contributed by atoms with Crippen LogP contribution in [0.5, 0.6) is 0 Å². The SMILES string of the molecule is CNC(c1c(Cl)cnn1C)C1C(C)(C)C1(C)C. The van der Waals surface area contributed by atoms with Crippen molar-refractivity contribution in [2.24, 2.45) is 23.8 Å². The van der Waals surface area contributed by atoms with E-state index in [2.05, 4.69) is 38.1 Å². The van der Waals surface area contributed by atoms with Crippen LogP contribution in [-0.4, -0.2) is 16.8 Å². The summed E-state index contributed by atoms with van der Waals surface area (Å²) in [6.07, 6.45) is 1.73. The van der Waals surface area contributed by atoms with Crippen molar-refractivity contribution in [2.45, 2.75) is 33.7 Å². The van der Waals surface area contributed by atoms with Crippen LogP contribution in [0.2, 0.25) is 5.02 Å². The molecule has 0 aromatic carbocycles. The lowest BCUT2D eigenvalue weighted by molar-refractivity contribution is 0.414. The molecule has 1 aromatic rings. The van der Waals surface area contributed by atoms with E-state index in [9.17, 15) is 0 Å². The van der Waals surface area contributed by atoms with Crippen LogP contribution in [0.25, 0.3) is 0 Å². The van der Waals surface area contributed by atoms with Crippen LogP contribution < -0.4 is 5.32 Å². The maximum absolute atomic E-state index is 6.25. The smallest absolute Gasteiger partial charge is 0.0834 e. The first-order valence-corrected chi connectivity index (χ1v) is 6.47. The molecule has 0 bridgehead atoms. The monoisotopic (exact) mass is 255 g/mol. The molecule has 3 nitrogen and oxygen atoms in total. The standard InChI is InChI=1S/C13H22ClN3/c1-12(2)11(13(12,3)4)9(15-5)10-8(14)7-16-17(10)6/h7,9,11,15H,1-6H3. The summed E-state index contributed by atoms with van der Waals surface area (Å²) < 4.78 is 1.88. The summed E-state index contributed by atoms with van der Waals surface area (Å²) in [5.41, 5.74) is 1.75. The van der Waals surface area contributed by atoms with Gasteiger partial charge in [0.05, 0.1) is 23.0 Å². The average molecular weight is 256 g/mol. The zero-order chi connectivity index (χ0) is 13.0. The first kappa shape index (κ1) is 12.9. The van der Waals surface area contributed by atoms with E-state index in [4.69, 9.17) is 11.6 Å². The fourth-order valence-electron chi connectivity index (χ4n) is 3.31. The minimum Gasteiger partial charge on any atom is -0.311 e. The van der Waals surface area contributed by atoms with E-state index in [-0.39, 0.29) is 6.04 Å². The molecule has 0 saturated heterocycles. The summed E-state index contributed by atoms with van der Waals surface area (Å²) in [4.78, 5) is 0. The largest absolute Gasteiger partial charge is 0.311 e. The highest BCUT2D eigenvalue weighted by atomic mass is 35.5. The number of aryl methyl sites for hydroxylation is 1. The molecule has 1 heterocycles. The maximum Gasteiger partial charge on any atom is 0.0834 e.